The van der Waals surface area contributed by atoms with E-state index in [0.717, 1.165) is 37.3 Å². The molecule has 2 aromatic rings. The topological polar surface area (TPSA) is 58.1 Å². The van der Waals surface area contributed by atoms with E-state index in [2.05, 4.69) is 27.4 Å². The van der Waals surface area contributed by atoms with Crippen LogP contribution in [0.3, 0.4) is 0 Å². The van der Waals surface area contributed by atoms with E-state index in [-0.39, 0.29) is 5.91 Å². The molecule has 0 spiro atoms. The van der Waals surface area contributed by atoms with Gasteiger partial charge in [-0.3, -0.25) is 14.8 Å². The van der Waals surface area contributed by atoms with Gasteiger partial charge >= 0.3 is 0 Å². The molecule has 1 aliphatic heterocycles. The fraction of sp³-hybridized carbons (Fsp3) is 0.389. The Labute approximate surface area is 136 Å². The highest BCUT2D eigenvalue weighted by molar-refractivity contribution is 5.76. The maximum atomic E-state index is 12.4. The zero-order valence-corrected chi connectivity index (χ0v) is 13.2. The lowest BCUT2D eigenvalue weighted by atomic mass is 10.0. The predicted molar refractivity (Wildman–Crippen MR) is 90.0 cm³/mol. The minimum Gasteiger partial charge on any atom is -0.381 e. The number of carbonyl (C=O) groups is 1. The Balaban J connectivity index is 1.50. The maximum Gasteiger partial charge on any atom is 0.223 e. The van der Waals surface area contributed by atoms with Gasteiger partial charge in [0.25, 0.3) is 0 Å². The molecule has 1 saturated heterocycles. The van der Waals surface area contributed by atoms with Crippen LogP contribution in [0.5, 0.6) is 0 Å². The molecule has 5 nitrogen and oxygen atoms in total. The Hall–Kier alpha value is -2.43. The molecular weight excluding hydrogens is 288 g/mol. The smallest absolute Gasteiger partial charge is 0.223 e. The number of nitrogens with one attached hydrogen (secondary N) is 1. The zero-order valence-electron chi connectivity index (χ0n) is 13.2. The minimum absolute atomic E-state index is 0.204. The van der Waals surface area contributed by atoms with Crippen LogP contribution in [-0.4, -0.2) is 39.9 Å². The van der Waals surface area contributed by atoms with Gasteiger partial charge in [-0.15, -0.1) is 0 Å². The largest absolute Gasteiger partial charge is 0.381 e. The standard InChI is InChI=1S/C18H22N4O/c23-18(9-8-16-13-19-10-11-20-16)22-12-4-7-17(14-22)21-15-5-2-1-3-6-15/h1-3,5-6,10-11,13,17,21H,4,7-9,12,14H2/t17-/m0/s1. The first-order valence-electron chi connectivity index (χ1n) is 8.15. The molecule has 0 unspecified atom stereocenters. The van der Waals surface area contributed by atoms with E-state index in [9.17, 15) is 4.79 Å². The Kier molecular flexibility index (Phi) is 5.19. The molecule has 0 bridgehead atoms. The summed E-state index contributed by atoms with van der Waals surface area (Å²) >= 11 is 0. The molecule has 23 heavy (non-hydrogen) atoms. The maximum absolute atomic E-state index is 12.4. The van der Waals surface area contributed by atoms with Crippen LogP contribution in [0.1, 0.15) is 25.0 Å². The molecule has 0 saturated carbocycles. The average molecular weight is 310 g/mol. The molecule has 1 aromatic carbocycles. The highest BCUT2D eigenvalue weighted by Gasteiger charge is 2.23. The number of anilines is 1. The zero-order chi connectivity index (χ0) is 15.9. The van der Waals surface area contributed by atoms with Crippen LogP contribution >= 0.6 is 0 Å². The fourth-order valence-corrected chi connectivity index (χ4v) is 2.94. The second-order valence-electron chi connectivity index (χ2n) is 5.89. The number of amides is 1. The van der Waals surface area contributed by atoms with Crippen molar-refractivity contribution in [1.82, 2.24) is 14.9 Å². The monoisotopic (exact) mass is 310 g/mol. The van der Waals surface area contributed by atoms with Crippen molar-refractivity contribution < 1.29 is 4.79 Å². The molecule has 3 rings (SSSR count). The number of hydrogen-bond donors (Lipinski definition) is 1. The lowest BCUT2D eigenvalue weighted by Crippen LogP contribution is -2.45. The van der Waals surface area contributed by atoms with Gasteiger partial charge < -0.3 is 10.2 Å². The molecule has 120 valence electrons. The van der Waals surface area contributed by atoms with Crippen LogP contribution in [0.4, 0.5) is 5.69 Å². The third-order valence-electron chi connectivity index (χ3n) is 4.13. The molecule has 5 heteroatoms. The fourth-order valence-electron chi connectivity index (χ4n) is 2.94. The molecule has 0 aliphatic carbocycles. The number of aromatic nitrogens is 2. The van der Waals surface area contributed by atoms with E-state index in [1.54, 1.807) is 18.6 Å². The lowest BCUT2D eigenvalue weighted by molar-refractivity contribution is -0.132. The van der Waals surface area contributed by atoms with Gasteiger partial charge in [0, 0.05) is 49.8 Å². The highest BCUT2D eigenvalue weighted by atomic mass is 16.2. The molecule has 1 atom stereocenters. The number of nitrogens with zero attached hydrogens (tertiary/aromatic N) is 3. The summed E-state index contributed by atoms with van der Waals surface area (Å²) < 4.78 is 0. The molecule has 2 heterocycles. The summed E-state index contributed by atoms with van der Waals surface area (Å²) in [5.74, 6) is 0.204. The van der Waals surface area contributed by atoms with Crippen molar-refractivity contribution in [2.24, 2.45) is 0 Å². The summed E-state index contributed by atoms with van der Waals surface area (Å²) in [7, 11) is 0. The number of aryl methyl sites for hydroxylation is 1. The summed E-state index contributed by atoms with van der Waals surface area (Å²) in [5.41, 5.74) is 1.99. The average Bonchev–Trinajstić information content (AvgIpc) is 2.62. The summed E-state index contributed by atoms with van der Waals surface area (Å²) in [6.45, 7) is 1.63. The first kappa shape index (κ1) is 15.5. The van der Waals surface area contributed by atoms with Crippen LogP contribution < -0.4 is 5.32 Å². The van der Waals surface area contributed by atoms with E-state index < -0.39 is 0 Å². The Morgan fingerprint density at radius 3 is 2.91 bits per heavy atom. The first-order chi connectivity index (χ1) is 11.3. The number of hydrogen-bond acceptors (Lipinski definition) is 4. The molecule has 1 fully saturated rings. The van der Waals surface area contributed by atoms with Gasteiger partial charge in [-0.1, -0.05) is 18.2 Å². The van der Waals surface area contributed by atoms with Crippen molar-refractivity contribution in [3.8, 4) is 0 Å². The molecule has 1 aliphatic rings. The Morgan fingerprint density at radius 2 is 2.13 bits per heavy atom. The number of rotatable bonds is 5. The number of para-hydroxylation sites is 1. The number of carbonyl (C=O) groups excluding carboxylic acids is 1. The van der Waals surface area contributed by atoms with E-state index in [1.807, 2.05) is 23.1 Å². The van der Waals surface area contributed by atoms with Crippen molar-refractivity contribution in [3.63, 3.8) is 0 Å². The number of benzene rings is 1. The highest BCUT2D eigenvalue weighted by Crippen LogP contribution is 2.17. The quantitative estimate of drug-likeness (QED) is 0.922. The summed E-state index contributed by atoms with van der Waals surface area (Å²) in [6.07, 6.45) is 8.33. The van der Waals surface area contributed by atoms with Gasteiger partial charge in [-0.25, -0.2) is 0 Å². The van der Waals surface area contributed by atoms with Gasteiger partial charge in [0.1, 0.15) is 0 Å². The molecule has 1 amide bonds. The van der Waals surface area contributed by atoms with Crippen molar-refractivity contribution >= 4 is 11.6 Å². The third kappa shape index (κ3) is 4.52. The lowest BCUT2D eigenvalue weighted by Gasteiger charge is -2.33. The van der Waals surface area contributed by atoms with Crippen LogP contribution in [0.25, 0.3) is 0 Å². The SMILES string of the molecule is O=C(CCc1cnccn1)N1CCC[C@H](Nc2ccccc2)C1. The Morgan fingerprint density at radius 1 is 1.26 bits per heavy atom. The van der Waals surface area contributed by atoms with Crippen LogP contribution in [-0.2, 0) is 11.2 Å². The number of likely N-dealkylation sites (tertiary alicyclic amines) is 1. The van der Waals surface area contributed by atoms with Crippen molar-refractivity contribution in [2.45, 2.75) is 31.7 Å². The van der Waals surface area contributed by atoms with E-state index in [0.29, 0.717) is 18.9 Å². The second-order valence-corrected chi connectivity index (χ2v) is 5.89. The van der Waals surface area contributed by atoms with Crippen molar-refractivity contribution in [2.75, 3.05) is 18.4 Å². The van der Waals surface area contributed by atoms with Gasteiger partial charge in [-0.05, 0) is 31.4 Å². The third-order valence-corrected chi connectivity index (χ3v) is 4.13. The molecule has 1 aromatic heterocycles. The first-order valence-corrected chi connectivity index (χ1v) is 8.15. The van der Waals surface area contributed by atoms with Crippen LogP contribution in [0.15, 0.2) is 48.9 Å². The van der Waals surface area contributed by atoms with E-state index in [1.165, 1.54) is 0 Å². The van der Waals surface area contributed by atoms with Crippen LogP contribution in [0.2, 0.25) is 0 Å². The van der Waals surface area contributed by atoms with E-state index >= 15 is 0 Å². The van der Waals surface area contributed by atoms with Crippen LogP contribution in [0, 0.1) is 0 Å². The van der Waals surface area contributed by atoms with Gasteiger partial charge in [0.15, 0.2) is 0 Å². The summed E-state index contributed by atoms with van der Waals surface area (Å²) in [6, 6.07) is 10.5. The normalized spacial score (nSPS) is 17.7. The van der Waals surface area contributed by atoms with Gasteiger partial charge in [-0.2, -0.15) is 0 Å². The van der Waals surface area contributed by atoms with E-state index in [4.69, 9.17) is 0 Å². The molecular formula is C18H22N4O. The summed E-state index contributed by atoms with van der Waals surface area (Å²) in [5, 5.41) is 3.52. The van der Waals surface area contributed by atoms with Gasteiger partial charge in [0.2, 0.25) is 5.91 Å². The Bertz CT molecular complexity index is 617. The minimum atomic E-state index is 0.204. The second kappa shape index (κ2) is 7.72. The van der Waals surface area contributed by atoms with Crippen molar-refractivity contribution in [1.29, 1.82) is 0 Å². The van der Waals surface area contributed by atoms with Gasteiger partial charge in [0.05, 0.1) is 5.69 Å². The van der Waals surface area contributed by atoms with Crippen molar-refractivity contribution in [3.05, 3.63) is 54.6 Å². The summed E-state index contributed by atoms with van der Waals surface area (Å²) in [4.78, 5) is 22.6. The number of piperidine rings is 1. The predicted octanol–water partition coefficient (Wildman–Crippen LogP) is 2.51. The molecule has 1 N–H and O–H groups in total. The molecule has 0 radical (unpaired) electrons.